The number of nitrogens with zero attached hydrogens (tertiary/aromatic N) is 1. The summed E-state index contributed by atoms with van der Waals surface area (Å²) in [6, 6.07) is 10.7. The molecule has 0 spiro atoms. The lowest BCUT2D eigenvalue weighted by molar-refractivity contribution is -0.119. The number of carbonyl (C=O) groups is 1. The third kappa shape index (κ3) is 5.07. The van der Waals surface area contributed by atoms with E-state index in [0.717, 1.165) is 20.2 Å². The molecule has 0 atom stereocenters. The highest BCUT2D eigenvalue weighted by molar-refractivity contribution is 9.11. The lowest BCUT2D eigenvalue weighted by atomic mass is 10.2. The first-order valence-electron chi connectivity index (χ1n) is 6.77. The molecule has 0 aromatic heterocycles. The van der Waals surface area contributed by atoms with Crippen molar-refractivity contribution in [2.45, 2.75) is 6.92 Å². The van der Waals surface area contributed by atoms with E-state index in [1.165, 1.54) is 6.21 Å². The van der Waals surface area contributed by atoms with Gasteiger partial charge in [-0.3, -0.25) is 4.79 Å². The van der Waals surface area contributed by atoms with Crippen molar-refractivity contribution in [3.8, 4) is 5.75 Å². The summed E-state index contributed by atoms with van der Waals surface area (Å²) in [7, 11) is 0. The summed E-state index contributed by atoms with van der Waals surface area (Å²) < 4.78 is 1.74. The number of rotatable bonds is 5. The molecule has 5 nitrogen and oxygen atoms in total. The van der Waals surface area contributed by atoms with Crippen molar-refractivity contribution in [2.24, 2.45) is 5.10 Å². The summed E-state index contributed by atoms with van der Waals surface area (Å²) in [6.45, 7) is 2.05. The number of aromatic hydroxyl groups is 1. The van der Waals surface area contributed by atoms with E-state index in [2.05, 4.69) is 47.7 Å². The highest BCUT2D eigenvalue weighted by Gasteiger charge is 2.07. The van der Waals surface area contributed by atoms with Gasteiger partial charge >= 0.3 is 0 Å². The van der Waals surface area contributed by atoms with Crippen molar-refractivity contribution >= 4 is 49.7 Å². The van der Waals surface area contributed by atoms with Gasteiger partial charge in [-0.1, -0.05) is 12.1 Å². The fourth-order valence-corrected chi connectivity index (χ4v) is 3.54. The summed E-state index contributed by atoms with van der Waals surface area (Å²) in [5.74, 6) is -0.188. The van der Waals surface area contributed by atoms with E-state index in [-0.39, 0.29) is 18.2 Å². The van der Waals surface area contributed by atoms with Gasteiger partial charge in [-0.2, -0.15) is 5.10 Å². The smallest absolute Gasteiger partial charge is 0.259 e. The first-order chi connectivity index (χ1) is 11.0. The summed E-state index contributed by atoms with van der Waals surface area (Å²) >= 11 is 6.92. The fourth-order valence-electron chi connectivity index (χ4n) is 1.85. The number of hydrogen-bond donors (Lipinski definition) is 3. The van der Waals surface area contributed by atoms with E-state index >= 15 is 0 Å². The number of anilines is 1. The van der Waals surface area contributed by atoms with Crippen LogP contribution in [-0.4, -0.2) is 23.8 Å². The monoisotopic (exact) mass is 439 g/mol. The Kier molecular flexibility index (Phi) is 6.18. The van der Waals surface area contributed by atoms with Crippen LogP contribution in [0.25, 0.3) is 0 Å². The number of para-hydroxylation sites is 1. The highest BCUT2D eigenvalue weighted by Crippen LogP contribution is 2.32. The number of halogens is 2. The maximum Gasteiger partial charge on any atom is 0.259 e. The predicted molar refractivity (Wildman–Crippen MR) is 98.9 cm³/mol. The Balaban J connectivity index is 1.90. The Hall–Kier alpha value is -1.86. The van der Waals surface area contributed by atoms with Crippen LogP contribution in [0.1, 0.15) is 11.1 Å². The van der Waals surface area contributed by atoms with E-state index < -0.39 is 0 Å². The molecule has 0 bridgehead atoms. The van der Waals surface area contributed by atoms with Crippen LogP contribution in [0.4, 0.5) is 5.69 Å². The topological polar surface area (TPSA) is 73.7 Å². The van der Waals surface area contributed by atoms with Gasteiger partial charge in [0.2, 0.25) is 0 Å². The van der Waals surface area contributed by atoms with Crippen molar-refractivity contribution in [3.63, 3.8) is 0 Å². The summed E-state index contributed by atoms with van der Waals surface area (Å²) in [5.41, 5.74) is 4.84. The highest BCUT2D eigenvalue weighted by atomic mass is 79.9. The van der Waals surface area contributed by atoms with Crippen LogP contribution in [0.15, 0.2) is 50.4 Å². The molecule has 2 rings (SSSR count). The summed E-state index contributed by atoms with van der Waals surface area (Å²) in [4.78, 5) is 11.8. The minimum Gasteiger partial charge on any atom is -0.507 e. The van der Waals surface area contributed by atoms with Crippen molar-refractivity contribution in [1.29, 1.82) is 0 Å². The van der Waals surface area contributed by atoms with Crippen LogP contribution in [0, 0.1) is 6.92 Å². The Labute approximate surface area is 151 Å². The number of phenolic OH excluding ortho intramolecular Hbond substituents is 1. The van der Waals surface area contributed by atoms with Crippen LogP contribution in [-0.2, 0) is 4.79 Å². The molecule has 23 heavy (non-hydrogen) atoms. The van der Waals surface area contributed by atoms with Crippen molar-refractivity contribution in [2.75, 3.05) is 11.9 Å². The van der Waals surface area contributed by atoms with Gasteiger partial charge < -0.3 is 10.4 Å². The lowest BCUT2D eigenvalue weighted by Crippen LogP contribution is -2.26. The number of hydrazone groups is 1. The minimum absolute atomic E-state index is 0.0678. The molecule has 0 aliphatic rings. The van der Waals surface area contributed by atoms with Crippen molar-refractivity contribution in [3.05, 3.63) is 56.5 Å². The van der Waals surface area contributed by atoms with Gasteiger partial charge in [0.1, 0.15) is 5.75 Å². The van der Waals surface area contributed by atoms with Gasteiger partial charge in [-0.05, 0) is 68.6 Å². The van der Waals surface area contributed by atoms with E-state index in [1.54, 1.807) is 24.3 Å². The molecule has 0 radical (unpaired) electrons. The Morgan fingerprint density at radius 1 is 1.26 bits per heavy atom. The molecule has 0 unspecified atom stereocenters. The first-order valence-corrected chi connectivity index (χ1v) is 8.35. The Morgan fingerprint density at radius 3 is 2.57 bits per heavy atom. The van der Waals surface area contributed by atoms with E-state index in [9.17, 15) is 9.90 Å². The van der Waals surface area contributed by atoms with Crippen molar-refractivity contribution < 1.29 is 9.90 Å². The summed E-state index contributed by atoms with van der Waals surface area (Å²) in [5, 5.41) is 16.4. The Morgan fingerprint density at radius 2 is 1.91 bits per heavy atom. The maximum absolute atomic E-state index is 11.8. The zero-order valence-corrected chi connectivity index (χ0v) is 15.5. The van der Waals surface area contributed by atoms with E-state index in [0.29, 0.717) is 5.56 Å². The van der Waals surface area contributed by atoms with Crippen LogP contribution in [0.2, 0.25) is 0 Å². The molecular weight excluding hydrogens is 426 g/mol. The van der Waals surface area contributed by atoms with Gasteiger partial charge in [-0.15, -0.1) is 0 Å². The Bertz CT molecular complexity index is 725. The molecule has 3 N–H and O–H groups in total. The number of nitrogens with one attached hydrogen (secondary N) is 2. The van der Waals surface area contributed by atoms with Crippen molar-refractivity contribution in [1.82, 2.24) is 5.43 Å². The number of phenols is 1. The number of carbonyl (C=O) groups excluding carboxylic acids is 1. The van der Waals surface area contributed by atoms with Gasteiger partial charge in [0, 0.05) is 14.5 Å². The molecule has 0 heterocycles. The third-order valence-corrected chi connectivity index (χ3v) is 4.19. The van der Waals surface area contributed by atoms with Crippen LogP contribution >= 0.6 is 31.9 Å². The molecule has 2 aromatic rings. The normalized spacial score (nSPS) is 10.7. The fraction of sp³-hybridized carbons (Fsp3) is 0.125. The minimum atomic E-state index is -0.295. The number of aryl methyl sites for hydroxylation is 1. The number of amides is 1. The quantitative estimate of drug-likeness (QED) is 0.489. The molecular formula is C16H15Br2N3O2. The van der Waals surface area contributed by atoms with Crippen LogP contribution in [0.3, 0.4) is 0 Å². The maximum atomic E-state index is 11.8. The standard InChI is InChI=1S/C16H15Br2N3O2/c1-10-6-12(17)16(13(18)7-10)19-9-15(23)21-20-8-11-4-2-3-5-14(11)22/h2-8,19,22H,9H2,1H3,(H,21,23). The molecule has 7 heteroatoms. The number of hydrogen-bond acceptors (Lipinski definition) is 4. The van der Waals surface area contributed by atoms with Crippen LogP contribution in [0.5, 0.6) is 5.75 Å². The second kappa shape index (κ2) is 8.12. The van der Waals surface area contributed by atoms with Gasteiger partial charge in [0.05, 0.1) is 18.4 Å². The predicted octanol–water partition coefficient (Wildman–Crippen LogP) is 3.79. The van der Waals surface area contributed by atoms with Gasteiger partial charge in [-0.25, -0.2) is 5.43 Å². The van der Waals surface area contributed by atoms with E-state index in [4.69, 9.17) is 0 Å². The molecule has 0 aliphatic heterocycles. The van der Waals surface area contributed by atoms with E-state index in [1.807, 2.05) is 19.1 Å². The molecule has 0 saturated heterocycles. The molecule has 0 saturated carbocycles. The second-order valence-corrected chi connectivity index (χ2v) is 6.52. The first kappa shape index (κ1) is 17.5. The molecule has 1 amide bonds. The van der Waals surface area contributed by atoms with Gasteiger partial charge in [0.15, 0.2) is 0 Å². The lowest BCUT2D eigenvalue weighted by Gasteiger charge is -2.11. The second-order valence-electron chi connectivity index (χ2n) is 4.81. The molecule has 120 valence electrons. The average molecular weight is 441 g/mol. The third-order valence-electron chi connectivity index (χ3n) is 2.94. The zero-order chi connectivity index (χ0) is 16.8. The van der Waals surface area contributed by atoms with Gasteiger partial charge in [0.25, 0.3) is 5.91 Å². The number of benzene rings is 2. The zero-order valence-electron chi connectivity index (χ0n) is 12.3. The van der Waals surface area contributed by atoms with Crippen LogP contribution < -0.4 is 10.7 Å². The SMILES string of the molecule is Cc1cc(Br)c(NCC(=O)NN=Cc2ccccc2O)c(Br)c1. The largest absolute Gasteiger partial charge is 0.507 e. The molecule has 2 aromatic carbocycles. The molecule has 0 aliphatic carbocycles. The molecule has 0 fully saturated rings. The summed E-state index contributed by atoms with van der Waals surface area (Å²) in [6.07, 6.45) is 1.39. The average Bonchev–Trinajstić information content (AvgIpc) is 2.48.